The molecule has 0 saturated heterocycles. The molecule has 1 heterocycles. The maximum absolute atomic E-state index is 13.1. The molecule has 1 aromatic heterocycles. The topological polar surface area (TPSA) is 119 Å². The van der Waals surface area contributed by atoms with Crippen molar-refractivity contribution in [1.29, 1.82) is 0 Å². The third kappa shape index (κ3) is 4.48. The zero-order valence-corrected chi connectivity index (χ0v) is 19.3. The molecule has 0 aliphatic heterocycles. The van der Waals surface area contributed by atoms with Gasteiger partial charge in [0.1, 0.15) is 5.75 Å². The molecule has 0 aliphatic rings. The lowest BCUT2D eigenvalue weighted by Gasteiger charge is -2.13. The van der Waals surface area contributed by atoms with Crippen molar-refractivity contribution in [3.8, 4) is 5.75 Å². The molecule has 9 nitrogen and oxygen atoms in total. The molecule has 0 atom stereocenters. The van der Waals surface area contributed by atoms with E-state index in [9.17, 15) is 18.0 Å². The highest BCUT2D eigenvalue weighted by Gasteiger charge is 2.19. The van der Waals surface area contributed by atoms with E-state index < -0.39 is 15.9 Å². The van der Waals surface area contributed by atoms with Crippen molar-refractivity contribution in [3.05, 3.63) is 88.8 Å². The quantitative estimate of drug-likeness (QED) is 0.420. The van der Waals surface area contributed by atoms with Gasteiger partial charge in [-0.3, -0.25) is 14.3 Å². The first kappa shape index (κ1) is 23.0. The van der Waals surface area contributed by atoms with Crippen molar-refractivity contribution >= 4 is 38.1 Å². The molecule has 0 unspecified atom stereocenters. The van der Waals surface area contributed by atoms with Crippen molar-refractivity contribution in [1.82, 2.24) is 9.78 Å². The number of fused-ring (bicyclic) bond motifs is 1. The molecule has 0 fully saturated rings. The summed E-state index contributed by atoms with van der Waals surface area (Å²) in [6.07, 6.45) is 0. The number of rotatable bonds is 7. The summed E-state index contributed by atoms with van der Waals surface area (Å²) in [5, 5.41) is 7.69. The molecule has 10 heteroatoms. The van der Waals surface area contributed by atoms with Gasteiger partial charge in [-0.25, -0.2) is 13.1 Å². The molecule has 0 bridgehead atoms. The van der Waals surface area contributed by atoms with E-state index in [4.69, 9.17) is 4.74 Å². The number of carbonyl (C=O) groups is 1. The fraction of sp³-hybridized carbons (Fsp3) is 0.125. The van der Waals surface area contributed by atoms with Crippen molar-refractivity contribution in [2.75, 3.05) is 17.1 Å². The first-order valence-electron chi connectivity index (χ1n) is 10.4. The molecule has 174 valence electrons. The molecule has 0 aliphatic carbocycles. The van der Waals surface area contributed by atoms with Gasteiger partial charge in [-0.05, 0) is 43.3 Å². The van der Waals surface area contributed by atoms with Crippen LogP contribution in [0.15, 0.2) is 82.5 Å². The van der Waals surface area contributed by atoms with E-state index in [1.807, 2.05) is 0 Å². The summed E-state index contributed by atoms with van der Waals surface area (Å²) in [6.45, 7) is 2.06. The van der Waals surface area contributed by atoms with Gasteiger partial charge < -0.3 is 10.1 Å². The van der Waals surface area contributed by atoms with E-state index in [1.165, 1.54) is 30.0 Å². The second kappa shape index (κ2) is 9.36. The maximum atomic E-state index is 13.1. The number of nitrogens with one attached hydrogen (secondary N) is 2. The van der Waals surface area contributed by atoms with Gasteiger partial charge in [0.05, 0.1) is 23.1 Å². The van der Waals surface area contributed by atoms with Crippen LogP contribution < -0.4 is 20.3 Å². The van der Waals surface area contributed by atoms with Crippen LogP contribution in [-0.2, 0) is 16.6 Å². The van der Waals surface area contributed by atoms with Crippen LogP contribution in [0.1, 0.15) is 17.4 Å². The minimum Gasteiger partial charge on any atom is -0.495 e. The Morgan fingerprint density at radius 2 is 1.71 bits per heavy atom. The van der Waals surface area contributed by atoms with Crippen molar-refractivity contribution in [2.45, 2.75) is 18.4 Å². The van der Waals surface area contributed by atoms with Crippen LogP contribution in [0.5, 0.6) is 5.75 Å². The van der Waals surface area contributed by atoms with Gasteiger partial charge in [0.15, 0.2) is 5.69 Å². The number of ether oxygens (including phenoxy) is 1. The summed E-state index contributed by atoms with van der Waals surface area (Å²) in [6, 6.07) is 19.2. The molecule has 2 N–H and O–H groups in total. The van der Waals surface area contributed by atoms with Gasteiger partial charge in [-0.1, -0.05) is 36.4 Å². The van der Waals surface area contributed by atoms with Gasteiger partial charge in [0.25, 0.3) is 21.5 Å². The number of hydrogen-bond donors (Lipinski definition) is 2. The second-order valence-electron chi connectivity index (χ2n) is 7.30. The van der Waals surface area contributed by atoms with E-state index in [0.717, 1.165) is 0 Å². The molecule has 34 heavy (non-hydrogen) atoms. The standard InChI is InChI=1S/C24H22N4O5S/c1-3-28-24(30)19-12-5-4-11-18(19)22(26-28)23(29)25-16-9-8-10-17(15-16)34(31,32)27-20-13-6-7-14-21(20)33-2/h4-15,27H,3H2,1-2H3,(H,25,29). The number of aryl methyl sites for hydroxylation is 1. The Bertz CT molecular complexity index is 1550. The summed E-state index contributed by atoms with van der Waals surface area (Å²) < 4.78 is 34.8. The van der Waals surface area contributed by atoms with Gasteiger partial charge >= 0.3 is 0 Å². The number of para-hydroxylation sites is 2. The van der Waals surface area contributed by atoms with Crippen LogP contribution in [0.2, 0.25) is 0 Å². The minimum absolute atomic E-state index is 0.0486. The number of methoxy groups -OCH3 is 1. The predicted molar refractivity (Wildman–Crippen MR) is 130 cm³/mol. The fourth-order valence-corrected chi connectivity index (χ4v) is 4.60. The smallest absolute Gasteiger partial charge is 0.276 e. The lowest BCUT2D eigenvalue weighted by atomic mass is 10.1. The first-order chi connectivity index (χ1) is 16.3. The average molecular weight is 479 g/mol. The maximum Gasteiger partial charge on any atom is 0.276 e. The van der Waals surface area contributed by atoms with E-state index >= 15 is 0 Å². The highest BCUT2D eigenvalue weighted by atomic mass is 32.2. The van der Waals surface area contributed by atoms with Crippen LogP contribution in [0, 0.1) is 0 Å². The lowest BCUT2D eigenvalue weighted by Crippen LogP contribution is -2.27. The van der Waals surface area contributed by atoms with E-state index in [0.29, 0.717) is 23.1 Å². The summed E-state index contributed by atoms with van der Waals surface area (Å²) >= 11 is 0. The predicted octanol–water partition coefficient (Wildman–Crippen LogP) is 3.48. The Morgan fingerprint density at radius 1 is 1.00 bits per heavy atom. The van der Waals surface area contributed by atoms with E-state index in [2.05, 4.69) is 15.1 Å². The van der Waals surface area contributed by atoms with Crippen LogP contribution in [0.25, 0.3) is 10.8 Å². The SMILES string of the molecule is CCn1nc(C(=O)Nc2cccc(S(=O)(=O)Nc3ccccc3OC)c2)c2ccccc2c1=O. The van der Waals surface area contributed by atoms with Crippen molar-refractivity contribution in [3.63, 3.8) is 0 Å². The first-order valence-corrected chi connectivity index (χ1v) is 11.9. The van der Waals surface area contributed by atoms with Gasteiger partial charge in [-0.15, -0.1) is 0 Å². The monoisotopic (exact) mass is 478 g/mol. The Labute approximate surface area is 196 Å². The molecule has 0 spiro atoms. The van der Waals surface area contributed by atoms with Crippen LogP contribution >= 0.6 is 0 Å². The molecule has 3 aromatic carbocycles. The van der Waals surface area contributed by atoms with Gasteiger partial charge in [0.2, 0.25) is 0 Å². The number of anilines is 2. The third-order valence-corrected chi connectivity index (χ3v) is 6.50. The fourth-order valence-electron chi connectivity index (χ4n) is 3.48. The Hall–Kier alpha value is -4.18. The molecular weight excluding hydrogens is 456 g/mol. The minimum atomic E-state index is -3.96. The number of sulfonamides is 1. The molecule has 0 radical (unpaired) electrons. The van der Waals surface area contributed by atoms with Crippen molar-refractivity contribution < 1.29 is 17.9 Å². The molecule has 4 aromatic rings. The highest BCUT2D eigenvalue weighted by Crippen LogP contribution is 2.27. The summed E-state index contributed by atoms with van der Waals surface area (Å²) in [4.78, 5) is 25.6. The zero-order chi connectivity index (χ0) is 24.3. The number of amides is 1. The molecule has 1 amide bonds. The number of benzene rings is 3. The average Bonchev–Trinajstić information content (AvgIpc) is 2.84. The highest BCUT2D eigenvalue weighted by molar-refractivity contribution is 7.92. The third-order valence-electron chi connectivity index (χ3n) is 5.14. The number of hydrogen-bond acceptors (Lipinski definition) is 6. The molecular formula is C24H22N4O5S. The van der Waals surface area contributed by atoms with Crippen molar-refractivity contribution in [2.24, 2.45) is 0 Å². The number of aromatic nitrogens is 2. The number of nitrogens with zero attached hydrogens (tertiary/aromatic N) is 2. The van der Waals surface area contributed by atoms with Crippen LogP contribution in [0.3, 0.4) is 0 Å². The largest absolute Gasteiger partial charge is 0.495 e. The summed E-state index contributed by atoms with van der Waals surface area (Å²) in [5.41, 5.74) is 0.326. The lowest BCUT2D eigenvalue weighted by molar-refractivity contribution is 0.102. The second-order valence-corrected chi connectivity index (χ2v) is 8.99. The van der Waals surface area contributed by atoms with Crippen LogP contribution in [0.4, 0.5) is 11.4 Å². The molecule has 0 saturated carbocycles. The van der Waals surface area contributed by atoms with Gasteiger partial charge in [0, 0.05) is 17.6 Å². The Kier molecular flexibility index (Phi) is 6.33. The van der Waals surface area contributed by atoms with E-state index in [-0.39, 0.29) is 27.5 Å². The normalized spacial score (nSPS) is 11.2. The number of carbonyl (C=O) groups excluding carboxylic acids is 1. The van der Waals surface area contributed by atoms with Crippen LogP contribution in [-0.4, -0.2) is 31.2 Å². The van der Waals surface area contributed by atoms with E-state index in [1.54, 1.807) is 61.5 Å². The molecule has 4 rings (SSSR count). The Morgan fingerprint density at radius 3 is 2.44 bits per heavy atom. The summed E-state index contributed by atoms with van der Waals surface area (Å²) in [7, 11) is -2.52. The zero-order valence-electron chi connectivity index (χ0n) is 18.5. The Balaban J connectivity index is 1.65. The summed E-state index contributed by atoms with van der Waals surface area (Å²) in [5.74, 6) is -0.190. The van der Waals surface area contributed by atoms with Gasteiger partial charge in [-0.2, -0.15) is 5.10 Å².